The van der Waals surface area contributed by atoms with Crippen LogP contribution in [0.25, 0.3) is 0 Å². The normalized spacial score (nSPS) is 12.3. The number of rotatable bonds is 16. The zero-order chi connectivity index (χ0) is 18.8. The number of amides is 1. The van der Waals surface area contributed by atoms with Crippen LogP contribution in [0.2, 0.25) is 0 Å². The SMILES string of the molecule is CCCCCC/C=C\CCCCCCCC(=O)NC(CC)C(=O)OC. The fourth-order valence-corrected chi connectivity index (χ4v) is 2.74. The maximum Gasteiger partial charge on any atom is 0.328 e. The summed E-state index contributed by atoms with van der Waals surface area (Å²) in [6.45, 7) is 4.11. The van der Waals surface area contributed by atoms with Crippen LogP contribution in [0.3, 0.4) is 0 Å². The molecule has 4 heteroatoms. The van der Waals surface area contributed by atoms with Gasteiger partial charge in [0.1, 0.15) is 6.04 Å². The Balaban J connectivity index is 3.47. The van der Waals surface area contributed by atoms with Crippen molar-refractivity contribution in [3.63, 3.8) is 0 Å². The Labute approximate surface area is 154 Å². The maximum atomic E-state index is 11.8. The number of allylic oxidation sites excluding steroid dienone is 2. The first-order chi connectivity index (χ1) is 12.2. The molecule has 0 aromatic heterocycles. The molecule has 4 nitrogen and oxygen atoms in total. The lowest BCUT2D eigenvalue weighted by atomic mass is 10.1. The molecule has 0 saturated heterocycles. The highest BCUT2D eigenvalue weighted by atomic mass is 16.5. The molecule has 0 aliphatic heterocycles. The highest BCUT2D eigenvalue weighted by Gasteiger charge is 2.18. The van der Waals surface area contributed by atoms with Crippen LogP contribution in [0.5, 0.6) is 0 Å². The summed E-state index contributed by atoms with van der Waals surface area (Å²) >= 11 is 0. The first-order valence-corrected chi connectivity index (χ1v) is 10.2. The van der Waals surface area contributed by atoms with Gasteiger partial charge in [0.15, 0.2) is 0 Å². The molecule has 0 spiro atoms. The van der Waals surface area contributed by atoms with Crippen LogP contribution in [0.1, 0.15) is 97.3 Å². The van der Waals surface area contributed by atoms with E-state index < -0.39 is 6.04 Å². The van der Waals surface area contributed by atoms with Gasteiger partial charge in [-0.05, 0) is 38.5 Å². The summed E-state index contributed by atoms with van der Waals surface area (Å²) in [5, 5.41) is 2.74. The number of ether oxygens (including phenoxy) is 1. The van der Waals surface area contributed by atoms with Crippen LogP contribution in [0, 0.1) is 0 Å². The van der Waals surface area contributed by atoms with Crippen molar-refractivity contribution in [2.24, 2.45) is 0 Å². The summed E-state index contributed by atoms with van der Waals surface area (Å²) < 4.78 is 4.67. The predicted octanol–water partition coefficient (Wildman–Crippen LogP) is 5.31. The minimum Gasteiger partial charge on any atom is -0.467 e. The van der Waals surface area contributed by atoms with E-state index in [1.807, 2.05) is 6.92 Å². The molecule has 0 bridgehead atoms. The van der Waals surface area contributed by atoms with Crippen molar-refractivity contribution < 1.29 is 14.3 Å². The zero-order valence-electron chi connectivity index (χ0n) is 16.6. The molecule has 1 amide bonds. The predicted molar refractivity (Wildman–Crippen MR) is 104 cm³/mol. The molecule has 1 atom stereocenters. The van der Waals surface area contributed by atoms with Crippen LogP contribution in [-0.4, -0.2) is 25.0 Å². The quantitative estimate of drug-likeness (QED) is 0.232. The van der Waals surface area contributed by atoms with Gasteiger partial charge in [-0.25, -0.2) is 4.79 Å². The Hall–Kier alpha value is -1.32. The third kappa shape index (κ3) is 14.7. The number of nitrogens with one attached hydrogen (secondary N) is 1. The molecule has 0 saturated carbocycles. The molecule has 0 heterocycles. The molecular weight excluding hydrogens is 314 g/mol. The summed E-state index contributed by atoms with van der Waals surface area (Å²) in [6, 6.07) is -0.508. The number of hydrogen-bond acceptors (Lipinski definition) is 3. The van der Waals surface area contributed by atoms with Crippen LogP contribution >= 0.6 is 0 Å². The Morgan fingerprint density at radius 2 is 1.44 bits per heavy atom. The number of unbranched alkanes of at least 4 members (excludes halogenated alkanes) is 9. The Morgan fingerprint density at radius 3 is 2.00 bits per heavy atom. The van der Waals surface area contributed by atoms with E-state index in [4.69, 9.17) is 0 Å². The van der Waals surface area contributed by atoms with E-state index in [1.165, 1.54) is 64.9 Å². The lowest BCUT2D eigenvalue weighted by Gasteiger charge is -2.14. The van der Waals surface area contributed by atoms with Crippen molar-refractivity contribution >= 4 is 11.9 Å². The second-order valence-corrected chi connectivity index (χ2v) is 6.68. The van der Waals surface area contributed by atoms with Gasteiger partial charge in [-0.1, -0.05) is 64.5 Å². The lowest BCUT2D eigenvalue weighted by molar-refractivity contribution is -0.145. The van der Waals surface area contributed by atoms with Crippen molar-refractivity contribution in [2.45, 2.75) is 103 Å². The van der Waals surface area contributed by atoms with Crippen molar-refractivity contribution in [1.29, 1.82) is 0 Å². The topological polar surface area (TPSA) is 55.4 Å². The van der Waals surface area contributed by atoms with Gasteiger partial charge < -0.3 is 10.1 Å². The van der Waals surface area contributed by atoms with E-state index in [9.17, 15) is 9.59 Å². The van der Waals surface area contributed by atoms with Crippen LogP contribution in [0.4, 0.5) is 0 Å². The Morgan fingerprint density at radius 1 is 0.880 bits per heavy atom. The highest BCUT2D eigenvalue weighted by Crippen LogP contribution is 2.09. The number of carbonyl (C=O) groups is 2. The maximum absolute atomic E-state index is 11.8. The third-order valence-electron chi connectivity index (χ3n) is 4.39. The Bertz CT molecular complexity index is 366. The minimum atomic E-state index is -0.508. The highest BCUT2D eigenvalue weighted by molar-refractivity contribution is 5.84. The van der Waals surface area contributed by atoms with Gasteiger partial charge in [0, 0.05) is 6.42 Å². The molecule has 1 N–H and O–H groups in total. The number of esters is 1. The van der Waals surface area contributed by atoms with Gasteiger partial charge in [-0.3, -0.25) is 4.79 Å². The third-order valence-corrected chi connectivity index (χ3v) is 4.39. The van der Waals surface area contributed by atoms with Gasteiger partial charge in [0.25, 0.3) is 0 Å². The fraction of sp³-hybridized carbons (Fsp3) is 0.810. The first kappa shape index (κ1) is 23.7. The van der Waals surface area contributed by atoms with Crippen molar-refractivity contribution in [3.8, 4) is 0 Å². The average molecular weight is 354 g/mol. The van der Waals surface area contributed by atoms with E-state index in [2.05, 4.69) is 29.1 Å². The fourth-order valence-electron chi connectivity index (χ4n) is 2.74. The van der Waals surface area contributed by atoms with Gasteiger partial charge in [-0.2, -0.15) is 0 Å². The van der Waals surface area contributed by atoms with E-state index in [0.29, 0.717) is 12.8 Å². The van der Waals surface area contributed by atoms with Crippen LogP contribution < -0.4 is 5.32 Å². The largest absolute Gasteiger partial charge is 0.467 e. The molecule has 0 aliphatic rings. The first-order valence-electron chi connectivity index (χ1n) is 10.2. The molecule has 146 valence electrons. The molecule has 25 heavy (non-hydrogen) atoms. The van der Waals surface area contributed by atoms with Crippen molar-refractivity contribution in [3.05, 3.63) is 12.2 Å². The van der Waals surface area contributed by atoms with Gasteiger partial charge >= 0.3 is 5.97 Å². The standard InChI is InChI=1S/C21H39NO3/c1-4-6-7-8-9-10-11-12-13-14-15-16-17-18-20(23)22-19(5-2)21(24)25-3/h10-11,19H,4-9,12-18H2,1-3H3,(H,22,23)/b11-10-. The summed E-state index contributed by atoms with van der Waals surface area (Å²) in [5.41, 5.74) is 0. The van der Waals surface area contributed by atoms with E-state index in [-0.39, 0.29) is 11.9 Å². The summed E-state index contributed by atoms with van der Waals surface area (Å²) in [4.78, 5) is 23.2. The number of methoxy groups -OCH3 is 1. The molecule has 0 radical (unpaired) electrons. The molecular formula is C21H39NO3. The summed E-state index contributed by atoms with van der Waals surface area (Å²) in [6.07, 6.45) is 19.0. The molecule has 1 unspecified atom stereocenters. The van der Waals surface area contributed by atoms with Gasteiger partial charge in [0.2, 0.25) is 5.91 Å². The lowest BCUT2D eigenvalue weighted by Crippen LogP contribution is -2.40. The van der Waals surface area contributed by atoms with Crippen molar-refractivity contribution in [1.82, 2.24) is 5.32 Å². The van der Waals surface area contributed by atoms with Crippen LogP contribution in [-0.2, 0) is 14.3 Å². The van der Waals surface area contributed by atoms with Gasteiger partial charge in [0.05, 0.1) is 7.11 Å². The zero-order valence-corrected chi connectivity index (χ0v) is 16.6. The molecule has 0 rings (SSSR count). The summed E-state index contributed by atoms with van der Waals surface area (Å²) in [5.74, 6) is -0.419. The average Bonchev–Trinajstić information content (AvgIpc) is 2.62. The number of carbonyl (C=O) groups excluding carboxylic acids is 2. The van der Waals surface area contributed by atoms with E-state index in [1.54, 1.807) is 0 Å². The Kier molecular flexibility index (Phi) is 16.6. The number of hydrogen-bond donors (Lipinski definition) is 1. The molecule has 0 aromatic rings. The van der Waals surface area contributed by atoms with Gasteiger partial charge in [-0.15, -0.1) is 0 Å². The van der Waals surface area contributed by atoms with Crippen LogP contribution in [0.15, 0.2) is 12.2 Å². The minimum absolute atomic E-state index is 0.0525. The van der Waals surface area contributed by atoms with E-state index >= 15 is 0 Å². The van der Waals surface area contributed by atoms with E-state index in [0.717, 1.165) is 12.8 Å². The second-order valence-electron chi connectivity index (χ2n) is 6.68. The molecule has 0 aromatic carbocycles. The smallest absolute Gasteiger partial charge is 0.328 e. The molecule has 0 aliphatic carbocycles. The molecule has 0 fully saturated rings. The second kappa shape index (κ2) is 17.5. The monoisotopic (exact) mass is 353 g/mol. The van der Waals surface area contributed by atoms with Crippen molar-refractivity contribution in [2.75, 3.05) is 7.11 Å². The summed E-state index contributed by atoms with van der Waals surface area (Å²) in [7, 11) is 1.35.